The van der Waals surface area contributed by atoms with E-state index in [0.29, 0.717) is 45.1 Å². The zero-order valence-corrected chi connectivity index (χ0v) is 19.4. The molecule has 0 aliphatic heterocycles. The number of allylic oxidation sites excluding steroid dienone is 1. The standard InChI is InChI=1S/C24H21Cl2N3O3/c1-4-31-23-11-17(10-19(13-27)24(30)29-16(3)9-15(2)28-29)5-8-22(23)32-14-18-6-7-20(25)12-21(18)26/h5-12H,4,14H2,1-3H3/b19-10+. The molecule has 0 unspecified atom stereocenters. The van der Waals surface area contributed by atoms with Crippen LogP contribution in [0.4, 0.5) is 0 Å². The third kappa shape index (κ3) is 5.50. The molecule has 3 aromatic rings. The molecular weight excluding hydrogens is 449 g/mol. The Morgan fingerprint density at radius 3 is 2.53 bits per heavy atom. The number of carbonyl (C=O) groups excluding carboxylic acids is 1. The Hall–Kier alpha value is -3.27. The molecular formula is C24H21Cl2N3O3. The number of carbonyl (C=O) groups is 1. The first kappa shape index (κ1) is 23.4. The molecule has 0 atom stereocenters. The zero-order chi connectivity index (χ0) is 23.3. The summed E-state index contributed by atoms with van der Waals surface area (Å²) in [7, 11) is 0. The van der Waals surface area contributed by atoms with E-state index in [-0.39, 0.29) is 12.2 Å². The lowest BCUT2D eigenvalue weighted by Gasteiger charge is -2.13. The monoisotopic (exact) mass is 469 g/mol. The molecule has 0 fully saturated rings. The lowest BCUT2D eigenvalue weighted by Crippen LogP contribution is -2.15. The van der Waals surface area contributed by atoms with Crippen molar-refractivity contribution in [3.05, 3.63) is 80.6 Å². The maximum Gasteiger partial charge on any atom is 0.289 e. The van der Waals surface area contributed by atoms with Gasteiger partial charge in [-0.25, -0.2) is 4.68 Å². The minimum atomic E-state index is -0.492. The number of halogens is 2. The fourth-order valence-corrected chi connectivity index (χ4v) is 3.52. The summed E-state index contributed by atoms with van der Waals surface area (Å²) in [5.41, 5.74) is 2.73. The van der Waals surface area contributed by atoms with Crippen LogP contribution in [0.25, 0.3) is 6.08 Å². The molecule has 0 saturated carbocycles. The molecule has 0 saturated heterocycles. The van der Waals surface area contributed by atoms with Gasteiger partial charge in [-0.05, 0) is 62.7 Å². The van der Waals surface area contributed by atoms with Crippen LogP contribution in [0.2, 0.25) is 10.0 Å². The molecule has 0 aliphatic carbocycles. The Kier molecular flexibility index (Phi) is 7.57. The average molecular weight is 470 g/mol. The molecule has 0 bridgehead atoms. The summed E-state index contributed by atoms with van der Waals surface area (Å²) in [5, 5.41) is 14.8. The van der Waals surface area contributed by atoms with Crippen LogP contribution in [0.5, 0.6) is 11.5 Å². The minimum Gasteiger partial charge on any atom is -0.490 e. The van der Waals surface area contributed by atoms with Crippen molar-refractivity contribution in [3.63, 3.8) is 0 Å². The predicted molar refractivity (Wildman–Crippen MR) is 124 cm³/mol. The first-order valence-electron chi connectivity index (χ1n) is 9.85. The fraction of sp³-hybridized carbons (Fsp3) is 0.208. The van der Waals surface area contributed by atoms with E-state index in [0.717, 1.165) is 5.56 Å². The van der Waals surface area contributed by atoms with Crippen molar-refractivity contribution < 1.29 is 14.3 Å². The van der Waals surface area contributed by atoms with Gasteiger partial charge in [-0.2, -0.15) is 10.4 Å². The molecule has 0 aliphatic rings. The van der Waals surface area contributed by atoms with E-state index in [1.807, 2.05) is 13.0 Å². The Labute approximate surface area is 196 Å². The molecule has 0 spiro atoms. The second-order valence-corrected chi connectivity index (χ2v) is 7.82. The lowest BCUT2D eigenvalue weighted by molar-refractivity contribution is 0.0943. The van der Waals surface area contributed by atoms with E-state index in [2.05, 4.69) is 5.10 Å². The Balaban J connectivity index is 1.86. The van der Waals surface area contributed by atoms with Crippen LogP contribution in [0.3, 0.4) is 0 Å². The van der Waals surface area contributed by atoms with Crippen LogP contribution >= 0.6 is 23.2 Å². The molecule has 0 amide bonds. The highest BCUT2D eigenvalue weighted by molar-refractivity contribution is 6.35. The van der Waals surface area contributed by atoms with Crippen molar-refractivity contribution in [2.75, 3.05) is 6.61 Å². The lowest BCUT2D eigenvalue weighted by atomic mass is 10.1. The number of ether oxygens (including phenoxy) is 2. The van der Waals surface area contributed by atoms with Crippen molar-refractivity contribution in [1.29, 1.82) is 5.26 Å². The molecule has 1 aromatic heterocycles. The van der Waals surface area contributed by atoms with Gasteiger partial charge in [0.15, 0.2) is 11.5 Å². The maximum absolute atomic E-state index is 12.7. The number of nitrogens with zero attached hydrogens (tertiary/aromatic N) is 3. The summed E-state index contributed by atoms with van der Waals surface area (Å²) >= 11 is 12.2. The van der Waals surface area contributed by atoms with Crippen LogP contribution < -0.4 is 9.47 Å². The normalized spacial score (nSPS) is 11.2. The molecule has 2 aromatic carbocycles. The summed E-state index contributed by atoms with van der Waals surface area (Å²) in [6.07, 6.45) is 1.50. The summed E-state index contributed by atoms with van der Waals surface area (Å²) in [6, 6.07) is 14.1. The number of hydrogen-bond acceptors (Lipinski definition) is 5. The molecule has 32 heavy (non-hydrogen) atoms. The Bertz CT molecular complexity index is 1230. The smallest absolute Gasteiger partial charge is 0.289 e. The van der Waals surface area contributed by atoms with Gasteiger partial charge in [-0.3, -0.25) is 4.79 Å². The van der Waals surface area contributed by atoms with Crippen molar-refractivity contribution in [1.82, 2.24) is 9.78 Å². The van der Waals surface area contributed by atoms with Crippen molar-refractivity contribution >= 4 is 35.2 Å². The molecule has 8 heteroatoms. The van der Waals surface area contributed by atoms with Crippen LogP contribution in [0.15, 0.2) is 48.0 Å². The van der Waals surface area contributed by atoms with E-state index in [4.69, 9.17) is 32.7 Å². The van der Waals surface area contributed by atoms with Crippen molar-refractivity contribution in [2.24, 2.45) is 0 Å². The molecule has 0 radical (unpaired) electrons. The highest BCUT2D eigenvalue weighted by Crippen LogP contribution is 2.31. The van der Waals surface area contributed by atoms with Crippen molar-refractivity contribution in [2.45, 2.75) is 27.4 Å². The van der Waals surface area contributed by atoms with Gasteiger partial charge in [0.05, 0.1) is 12.3 Å². The van der Waals surface area contributed by atoms with E-state index in [1.54, 1.807) is 56.3 Å². The molecule has 0 N–H and O–H groups in total. The quantitative estimate of drug-likeness (QED) is 0.311. The molecule has 1 heterocycles. The highest BCUT2D eigenvalue weighted by Gasteiger charge is 2.16. The number of nitriles is 1. The van der Waals surface area contributed by atoms with E-state index >= 15 is 0 Å². The fourth-order valence-electron chi connectivity index (χ4n) is 3.05. The average Bonchev–Trinajstić information content (AvgIpc) is 3.10. The van der Waals surface area contributed by atoms with Gasteiger partial charge >= 0.3 is 0 Å². The van der Waals surface area contributed by atoms with E-state index < -0.39 is 5.91 Å². The van der Waals surface area contributed by atoms with E-state index in [1.165, 1.54) is 10.8 Å². The Morgan fingerprint density at radius 2 is 1.91 bits per heavy atom. The number of hydrogen-bond donors (Lipinski definition) is 0. The third-order valence-corrected chi connectivity index (χ3v) is 5.12. The summed E-state index contributed by atoms with van der Waals surface area (Å²) < 4.78 is 12.8. The van der Waals surface area contributed by atoms with Gasteiger partial charge < -0.3 is 9.47 Å². The second kappa shape index (κ2) is 10.4. The molecule has 3 rings (SSSR count). The van der Waals surface area contributed by atoms with Gasteiger partial charge in [-0.1, -0.05) is 35.3 Å². The first-order chi connectivity index (χ1) is 15.3. The van der Waals surface area contributed by atoms with E-state index in [9.17, 15) is 10.1 Å². The van der Waals surface area contributed by atoms with Gasteiger partial charge in [0.2, 0.25) is 0 Å². The Morgan fingerprint density at radius 1 is 1.12 bits per heavy atom. The zero-order valence-electron chi connectivity index (χ0n) is 17.9. The van der Waals surface area contributed by atoms with Gasteiger partial charge in [0.25, 0.3) is 5.91 Å². The minimum absolute atomic E-state index is 0.0414. The predicted octanol–water partition coefficient (Wildman–Crippen LogP) is 6.03. The van der Waals surface area contributed by atoms with Gasteiger partial charge in [0.1, 0.15) is 18.2 Å². The number of aryl methyl sites for hydroxylation is 2. The van der Waals surface area contributed by atoms with Crippen LogP contribution in [0, 0.1) is 25.2 Å². The summed E-state index contributed by atoms with van der Waals surface area (Å²) in [6.45, 7) is 6.05. The number of rotatable bonds is 7. The summed E-state index contributed by atoms with van der Waals surface area (Å²) in [4.78, 5) is 12.7. The number of aromatic nitrogens is 2. The highest BCUT2D eigenvalue weighted by atomic mass is 35.5. The summed E-state index contributed by atoms with van der Waals surface area (Å²) in [5.74, 6) is 0.509. The third-order valence-electron chi connectivity index (χ3n) is 4.53. The largest absolute Gasteiger partial charge is 0.490 e. The van der Waals surface area contributed by atoms with Gasteiger partial charge in [0, 0.05) is 21.3 Å². The van der Waals surface area contributed by atoms with Crippen LogP contribution in [-0.2, 0) is 6.61 Å². The molecule has 6 nitrogen and oxygen atoms in total. The molecule has 164 valence electrons. The first-order valence-corrected chi connectivity index (χ1v) is 10.6. The van der Waals surface area contributed by atoms with Gasteiger partial charge in [-0.15, -0.1) is 0 Å². The van der Waals surface area contributed by atoms with Crippen molar-refractivity contribution in [3.8, 4) is 17.6 Å². The SMILES string of the molecule is CCOc1cc(/C=C(\C#N)C(=O)n2nc(C)cc2C)ccc1OCc1ccc(Cl)cc1Cl. The topological polar surface area (TPSA) is 77.1 Å². The second-order valence-electron chi connectivity index (χ2n) is 6.98. The number of benzene rings is 2. The maximum atomic E-state index is 12.7. The van der Waals surface area contributed by atoms with Crippen LogP contribution in [-0.4, -0.2) is 22.3 Å². The van der Waals surface area contributed by atoms with Crippen LogP contribution in [0.1, 0.15) is 34.2 Å².